The maximum Gasteiger partial charge on any atom is 0.208 e. The summed E-state index contributed by atoms with van der Waals surface area (Å²) in [5.41, 5.74) is 2.27. The standard InChI is InChI=1S/C13H23N3O2S/c1-9(2)13-7-10(3)14-16(13)12-6-5-11(8-12)15-19(4,17)18/h7,9,11-12,15H,5-6,8H2,1-4H3. The molecule has 1 aliphatic rings. The van der Waals surface area contributed by atoms with Gasteiger partial charge in [0.2, 0.25) is 10.0 Å². The van der Waals surface area contributed by atoms with Crippen LogP contribution < -0.4 is 4.72 Å². The van der Waals surface area contributed by atoms with E-state index in [2.05, 4.69) is 34.4 Å². The summed E-state index contributed by atoms with van der Waals surface area (Å²) in [5.74, 6) is 0.433. The molecule has 0 aromatic carbocycles. The molecule has 1 saturated carbocycles. The molecule has 2 rings (SSSR count). The Morgan fingerprint density at radius 1 is 1.42 bits per heavy atom. The lowest BCUT2D eigenvalue weighted by Crippen LogP contribution is -2.32. The van der Waals surface area contributed by atoms with E-state index in [1.54, 1.807) is 0 Å². The second-order valence-corrected chi connectivity index (χ2v) is 7.64. The first-order valence-electron chi connectivity index (χ1n) is 6.79. The lowest BCUT2D eigenvalue weighted by molar-refractivity contribution is 0.431. The van der Waals surface area contributed by atoms with Gasteiger partial charge in [-0.3, -0.25) is 4.68 Å². The van der Waals surface area contributed by atoms with Gasteiger partial charge < -0.3 is 0 Å². The van der Waals surface area contributed by atoms with Gasteiger partial charge in [-0.25, -0.2) is 13.1 Å². The number of aryl methyl sites for hydroxylation is 1. The molecular weight excluding hydrogens is 262 g/mol. The van der Waals surface area contributed by atoms with Crippen LogP contribution in [0.5, 0.6) is 0 Å². The quantitative estimate of drug-likeness (QED) is 0.919. The van der Waals surface area contributed by atoms with Gasteiger partial charge in [0.05, 0.1) is 18.0 Å². The van der Waals surface area contributed by atoms with Crippen LogP contribution in [0.4, 0.5) is 0 Å². The number of hydrogen-bond donors (Lipinski definition) is 1. The molecule has 0 saturated heterocycles. The van der Waals surface area contributed by atoms with E-state index < -0.39 is 10.0 Å². The van der Waals surface area contributed by atoms with Crippen LogP contribution in [0.25, 0.3) is 0 Å². The molecule has 5 nitrogen and oxygen atoms in total. The summed E-state index contributed by atoms with van der Waals surface area (Å²) in [4.78, 5) is 0. The number of hydrogen-bond acceptors (Lipinski definition) is 3. The molecule has 1 aliphatic carbocycles. The number of nitrogens with one attached hydrogen (secondary N) is 1. The third-order valence-electron chi connectivity index (χ3n) is 3.61. The van der Waals surface area contributed by atoms with Crippen molar-refractivity contribution in [2.24, 2.45) is 0 Å². The zero-order chi connectivity index (χ0) is 14.2. The Bertz CT molecular complexity index is 548. The first-order valence-corrected chi connectivity index (χ1v) is 8.68. The van der Waals surface area contributed by atoms with E-state index in [9.17, 15) is 8.42 Å². The maximum absolute atomic E-state index is 11.3. The van der Waals surface area contributed by atoms with Crippen LogP contribution in [0.3, 0.4) is 0 Å². The van der Waals surface area contributed by atoms with E-state index in [1.807, 2.05) is 6.92 Å². The Labute approximate surface area is 115 Å². The zero-order valence-electron chi connectivity index (χ0n) is 12.0. The molecule has 0 spiro atoms. The lowest BCUT2D eigenvalue weighted by Gasteiger charge is -2.17. The molecule has 1 fully saturated rings. The lowest BCUT2D eigenvalue weighted by atomic mass is 10.1. The van der Waals surface area contributed by atoms with Crippen molar-refractivity contribution in [3.8, 4) is 0 Å². The predicted molar refractivity (Wildman–Crippen MR) is 75.7 cm³/mol. The summed E-state index contributed by atoms with van der Waals surface area (Å²) in [6, 6.07) is 2.48. The van der Waals surface area contributed by atoms with Crippen molar-refractivity contribution in [3.63, 3.8) is 0 Å². The van der Waals surface area contributed by atoms with Gasteiger partial charge in [0.15, 0.2) is 0 Å². The van der Waals surface area contributed by atoms with E-state index >= 15 is 0 Å². The van der Waals surface area contributed by atoms with Crippen LogP contribution in [0.2, 0.25) is 0 Å². The topological polar surface area (TPSA) is 64.0 Å². The Kier molecular flexibility index (Phi) is 4.01. The minimum Gasteiger partial charge on any atom is -0.266 e. The third kappa shape index (κ3) is 3.57. The van der Waals surface area contributed by atoms with Gasteiger partial charge >= 0.3 is 0 Å². The third-order valence-corrected chi connectivity index (χ3v) is 4.37. The van der Waals surface area contributed by atoms with Gasteiger partial charge in [0, 0.05) is 11.7 Å². The molecule has 1 N–H and O–H groups in total. The van der Waals surface area contributed by atoms with E-state index in [1.165, 1.54) is 11.9 Å². The molecule has 1 heterocycles. The Balaban J connectivity index is 2.13. The van der Waals surface area contributed by atoms with Crippen molar-refractivity contribution in [2.75, 3.05) is 6.26 Å². The van der Waals surface area contributed by atoms with E-state index in [0.717, 1.165) is 25.0 Å². The highest BCUT2D eigenvalue weighted by Gasteiger charge is 2.29. The van der Waals surface area contributed by atoms with Crippen molar-refractivity contribution in [1.29, 1.82) is 0 Å². The monoisotopic (exact) mass is 285 g/mol. The molecular formula is C13H23N3O2S. The Hall–Kier alpha value is -0.880. The predicted octanol–water partition coefficient (Wildman–Crippen LogP) is 1.96. The minimum atomic E-state index is -3.11. The number of sulfonamides is 1. The highest BCUT2D eigenvalue weighted by atomic mass is 32.2. The van der Waals surface area contributed by atoms with Crippen molar-refractivity contribution in [3.05, 3.63) is 17.5 Å². The summed E-state index contributed by atoms with van der Waals surface area (Å²) < 4.78 is 27.4. The first-order chi connectivity index (χ1) is 8.76. The fraction of sp³-hybridized carbons (Fsp3) is 0.769. The van der Waals surface area contributed by atoms with E-state index in [0.29, 0.717) is 12.0 Å². The first kappa shape index (κ1) is 14.5. The molecule has 2 atom stereocenters. The fourth-order valence-corrected chi connectivity index (χ4v) is 3.67. The van der Waals surface area contributed by atoms with E-state index in [4.69, 9.17) is 0 Å². The minimum absolute atomic E-state index is 0.0459. The average Bonchev–Trinajstić information content (AvgIpc) is 2.81. The molecule has 0 aliphatic heterocycles. The smallest absolute Gasteiger partial charge is 0.208 e. The van der Waals surface area contributed by atoms with Gasteiger partial charge in [-0.15, -0.1) is 0 Å². The van der Waals surface area contributed by atoms with Crippen LogP contribution >= 0.6 is 0 Å². The van der Waals surface area contributed by atoms with Gasteiger partial charge in [0.25, 0.3) is 0 Å². The molecule has 108 valence electrons. The summed E-state index contributed by atoms with van der Waals surface area (Å²) >= 11 is 0. The van der Waals surface area contributed by atoms with Crippen molar-refractivity contribution in [2.45, 2.75) is 58.0 Å². The Morgan fingerprint density at radius 3 is 2.68 bits per heavy atom. The maximum atomic E-state index is 11.3. The van der Waals surface area contributed by atoms with E-state index in [-0.39, 0.29) is 6.04 Å². The summed E-state index contributed by atoms with van der Waals surface area (Å²) in [7, 11) is -3.11. The molecule has 6 heteroatoms. The number of nitrogens with zero attached hydrogens (tertiary/aromatic N) is 2. The summed E-state index contributed by atoms with van der Waals surface area (Å²) in [6.45, 7) is 6.33. The molecule has 1 aromatic rings. The van der Waals surface area contributed by atoms with Crippen molar-refractivity contribution < 1.29 is 8.42 Å². The van der Waals surface area contributed by atoms with Gasteiger partial charge in [0.1, 0.15) is 0 Å². The molecule has 19 heavy (non-hydrogen) atoms. The second-order valence-electron chi connectivity index (χ2n) is 5.86. The summed E-state index contributed by atoms with van der Waals surface area (Å²) in [5, 5.41) is 4.58. The van der Waals surface area contributed by atoms with Crippen LogP contribution in [0.15, 0.2) is 6.07 Å². The SMILES string of the molecule is Cc1cc(C(C)C)n(C2CCC(NS(C)(=O)=O)C2)n1. The van der Waals surface area contributed by atoms with Crippen LogP contribution in [0.1, 0.15) is 56.5 Å². The molecule has 2 unspecified atom stereocenters. The van der Waals surface area contributed by atoms with Crippen LogP contribution in [0, 0.1) is 6.92 Å². The second kappa shape index (κ2) is 5.25. The van der Waals surface area contributed by atoms with Gasteiger partial charge in [-0.05, 0) is 38.2 Å². The number of aromatic nitrogens is 2. The highest BCUT2D eigenvalue weighted by Crippen LogP contribution is 2.32. The van der Waals surface area contributed by atoms with Crippen LogP contribution in [-0.2, 0) is 10.0 Å². The largest absolute Gasteiger partial charge is 0.266 e. The molecule has 0 radical (unpaired) electrons. The van der Waals surface area contributed by atoms with Crippen molar-refractivity contribution in [1.82, 2.24) is 14.5 Å². The molecule has 1 aromatic heterocycles. The van der Waals surface area contributed by atoms with Gasteiger partial charge in [-0.1, -0.05) is 13.8 Å². The zero-order valence-corrected chi connectivity index (χ0v) is 12.9. The van der Waals surface area contributed by atoms with Gasteiger partial charge in [-0.2, -0.15) is 5.10 Å². The molecule has 0 bridgehead atoms. The summed E-state index contributed by atoms with van der Waals surface area (Å²) in [6.07, 6.45) is 3.91. The Morgan fingerprint density at radius 2 is 2.11 bits per heavy atom. The number of rotatable bonds is 4. The highest BCUT2D eigenvalue weighted by molar-refractivity contribution is 7.88. The normalized spacial score (nSPS) is 24.3. The average molecular weight is 285 g/mol. The van der Waals surface area contributed by atoms with Crippen LogP contribution in [-0.4, -0.2) is 30.5 Å². The fourth-order valence-electron chi connectivity index (χ4n) is 2.85. The van der Waals surface area contributed by atoms with Crippen molar-refractivity contribution >= 4 is 10.0 Å². The molecule has 0 amide bonds.